The molecule has 0 saturated carbocycles. The molecule has 1 heterocycles. The predicted octanol–water partition coefficient (Wildman–Crippen LogP) is 5.75. The summed E-state index contributed by atoms with van der Waals surface area (Å²) in [5, 5.41) is 0.909. The summed E-state index contributed by atoms with van der Waals surface area (Å²) in [4.78, 5) is 2.55. The van der Waals surface area contributed by atoms with E-state index in [9.17, 15) is 0 Å². The van der Waals surface area contributed by atoms with Gasteiger partial charge in [-0.05, 0) is 42.9 Å². The monoisotopic (exact) mass is 387 g/mol. The first-order valence-electron chi connectivity index (χ1n) is 7.34. The fourth-order valence-corrected chi connectivity index (χ4v) is 4.33. The molecule has 3 heteroatoms. The molecule has 1 unspecified atom stereocenters. The van der Waals surface area contributed by atoms with E-state index in [4.69, 9.17) is 0 Å². The first-order chi connectivity index (χ1) is 9.24. The molecular weight excluding hydrogens is 366 g/mol. The zero-order valence-electron chi connectivity index (χ0n) is 11.7. The van der Waals surface area contributed by atoms with Gasteiger partial charge in [0, 0.05) is 28.6 Å². The summed E-state index contributed by atoms with van der Waals surface area (Å²) in [6.07, 6.45) is 6.83. The number of halogens is 2. The fourth-order valence-electron chi connectivity index (χ4n) is 2.96. The van der Waals surface area contributed by atoms with Crippen LogP contribution in [0.1, 0.15) is 44.6 Å². The van der Waals surface area contributed by atoms with E-state index < -0.39 is 0 Å². The molecule has 1 aliphatic heterocycles. The first-order valence-corrected chi connectivity index (χ1v) is 9.25. The topological polar surface area (TPSA) is 3.24 Å². The lowest BCUT2D eigenvalue weighted by Crippen LogP contribution is -2.24. The molecule has 1 aromatic carbocycles. The fraction of sp³-hybridized carbons (Fsp3) is 0.625. The standard InChI is InChI=1S/C16H23Br2N/c1-2-4-13-5-3-9-19(10-8-13)15-7-6-14(12-17)16(18)11-15/h6-7,11,13H,2-5,8-10,12H2,1H3. The van der Waals surface area contributed by atoms with Crippen molar-refractivity contribution >= 4 is 37.5 Å². The van der Waals surface area contributed by atoms with Crippen LogP contribution in [-0.2, 0) is 5.33 Å². The van der Waals surface area contributed by atoms with Crippen molar-refractivity contribution in [3.05, 3.63) is 28.2 Å². The van der Waals surface area contributed by atoms with Crippen LogP contribution >= 0.6 is 31.9 Å². The van der Waals surface area contributed by atoms with Gasteiger partial charge in [-0.15, -0.1) is 0 Å². The van der Waals surface area contributed by atoms with Crippen molar-refractivity contribution in [1.29, 1.82) is 0 Å². The molecule has 0 spiro atoms. The molecule has 0 radical (unpaired) electrons. The quantitative estimate of drug-likeness (QED) is 0.593. The lowest BCUT2D eigenvalue weighted by Gasteiger charge is -2.23. The Labute approximate surface area is 134 Å². The summed E-state index contributed by atoms with van der Waals surface area (Å²) in [5.74, 6) is 0.945. The number of alkyl halides is 1. The van der Waals surface area contributed by atoms with Gasteiger partial charge in [0.1, 0.15) is 0 Å². The molecule has 1 aliphatic rings. The molecule has 1 nitrogen and oxygen atoms in total. The molecule has 1 saturated heterocycles. The summed E-state index contributed by atoms with van der Waals surface area (Å²) >= 11 is 7.20. The molecule has 1 atom stereocenters. The second kappa shape index (κ2) is 7.68. The van der Waals surface area contributed by atoms with Gasteiger partial charge in [-0.2, -0.15) is 0 Å². The van der Waals surface area contributed by atoms with Gasteiger partial charge in [0.15, 0.2) is 0 Å². The van der Waals surface area contributed by atoms with Crippen LogP contribution in [0, 0.1) is 5.92 Å². The van der Waals surface area contributed by atoms with Crippen LogP contribution in [0.2, 0.25) is 0 Å². The number of hydrogen-bond donors (Lipinski definition) is 0. The van der Waals surface area contributed by atoms with Crippen LogP contribution in [-0.4, -0.2) is 13.1 Å². The molecule has 0 bridgehead atoms. The third-order valence-electron chi connectivity index (χ3n) is 4.09. The summed E-state index contributed by atoms with van der Waals surface area (Å²) in [6, 6.07) is 6.76. The van der Waals surface area contributed by atoms with Crippen LogP contribution < -0.4 is 4.90 Å². The Balaban J connectivity index is 2.03. The van der Waals surface area contributed by atoms with Gasteiger partial charge in [-0.1, -0.05) is 57.7 Å². The molecule has 0 N–H and O–H groups in total. The summed E-state index contributed by atoms with van der Waals surface area (Å²) in [5.41, 5.74) is 2.69. The maximum atomic E-state index is 3.67. The molecule has 1 fully saturated rings. The Hall–Kier alpha value is -0.0200. The van der Waals surface area contributed by atoms with Gasteiger partial charge in [-0.25, -0.2) is 0 Å². The number of anilines is 1. The molecule has 2 rings (SSSR count). The Morgan fingerprint density at radius 3 is 2.79 bits per heavy atom. The molecule has 19 heavy (non-hydrogen) atoms. The van der Waals surface area contributed by atoms with E-state index in [0.717, 1.165) is 11.2 Å². The van der Waals surface area contributed by atoms with E-state index >= 15 is 0 Å². The Morgan fingerprint density at radius 2 is 2.11 bits per heavy atom. The van der Waals surface area contributed by atoms with Gasteiger partial charge in [-0.3, -0.25) is 0 Å². The van der Waals surface area contributed by atoms with Crippen LogP contribution in [0.5, 0.6) is 0 Å². The van der Waals surface area contributed by atoms with Crippen molar-refractivity contribution < 1.29 is 0 Å². The second-order valence-corrected chi connectivity index (χ2v) is 6.90. The van der Waals surface area contributed by atoms with Crippen molar-refractivity contribution in [1.82, 2.24) is 0 Å². The minimum atomic E-state index is 0.909. The molecule has 106 valence electrons. The highest BCUT2D eigenvalue weighted by atomic mass is 79.9. The number of rotatable bonds is 4. The Morgan fingerprint density at radius 1 is 1.26 bits per heavy atom. The Bertz CT molecular complexity index is 406. The maximum Gasteiger partial charge on any atom is 0.0377 e. The van der Waals surface area contributed by atoms with Crippen molar-refractivity contribution in [3.63, 3.8) is 0 Å². The first kappa shape index (κ1) is 15.4. The molecule has 1 aromatic rings. The van der Waals surface area contributed by atoms with E-state index in [1.165, 1.54) is 60.9 Å². The van der Waals surface area contributed by atoms with Crippen molar-refractivity contribution in [3.8, 4) is 0 Å². The zero-order chi connectivity index (χ0) is 13.7. The van der Waals surface area contributed by atoms with Gasteiger partial charge in [0.05, 0.1) is 0 Å². The number of benzene rings is 1. The van der Waals surface area contributed by atoms with E-state index in [1.54, 1.807) is 0 Å². The van der Waals surface area contributed by atoms with Gasteiger partial charge in [0.2, 0.25) is 0 Å². The zero-order valence-corrected chi connectivity index (χ0v) is 14.8. The number of hydrogen-bond acceptors (Lipinski definition) is 1. The third kappa shape index (κ3) is 4.22. The van der Waals surface area contributed by atoms with Crippen LogP contribution in [0.4, 0.5) is 5.69 Å². The lowest BCUT2D eigenvalue weighted by molar-refractivity contribution is 0.435. The molecule has 0 amide bonds. The predicted molar refractivity (Wildman–Crippen MR) is 91.2 cm³/mol. The van der Waals surface area contributed by atoms with E-state index in [1.807, 2.05) is 0 Å². The third-order valence-corrected chi connectivity index (χ3v) is 5.43. The average Bonchev–Trinajstić information content (AvgIpc) is 2.65. The van der Waals surface area contributed by atoms with Crippen LogP contribution in [0.25, 0.3) is 0 Å². The second-order valence-electron chi connectivity index (χ2n) is 5.48. The molecule has 0 aliphatic carbocycles. The summed E-state index contributed by atoms with van der Waals surface area (Å²) in [6.45, 7) is 4.73. The summed E-state index contributed by atoms with van der Waals surface area (Å²) in [7, 11) is 0. The van der Waals surface area contributed by atoms with Crippen LogP contribution in [0.15, 0.2) is 22.7 Å². The van der Waals surface area contributed by atoms with Crippen LogP contribution in [0.3, 0.4) is 0 Å². The van der Waals surface area contributed by atoms with E-state index in [0.29, 0.717) is 0 Å². The average molecular weight is 389 g/mol. The highest BCUT2D eigenvalue weighted by Crippen LogP contribution is 2.29. The van der Waals surface area contributed by atoms with E-state index in [2.05, 4.69) is 61.9 Å². The minimum absolute atomic E-state index is 0.909. The highest BCUT2D eigenvalue weighted by molar-refractivity contribution is 9.10. The van der Waals surface area contributed by atoms with E-state index in [-0.39, 0.29) is 0 Å². The largest absolute Gasteiger partial charge is 0.371 e. The molecule has 0 aromatic heterocycles. The Kier molecular flexibility index (Phi) is 6.21. The highest BCUT2D eigenvalue weighted by Gasteiger charge is 2.17. The van der Waals surface area contributed by atoms with Gasteiger partial charge in [0.25, 0.3) is 0 Å². The number of nitrogens with zero attached hydrogens (tertiary/aromatic N) is 1. The van der Waals surface area contributed by atoms with Gasteiger partial charge < -0.3 is 4.90 Å². The minimum Gasteiger partial charge on any atom is -0.371 e. The van der Waals surface area contributed by atoms with Crippen molar-refractivity contribution in [2.45, 2.75) is 44.4 Å². The maximum absolute atomic E-state index is 3.67. The van der Waals surface area contributed by atoms with Gasteiger partial charge >= 0.3 is 0 Å². The normalized spacial score (nSPS) is 20.4. The summed E-state index contributed by atoms with van der Waals surface area (Å²) < 4.78 is 1.22. The smallest absolute Gasteiger partial charge is 0.0377 e. The van der Waals surface area contributed by atoms with Crippen molar-refractivity contribution in [2.75, 3.05) is 18.0 Å². The lowest BCUT2D eigenvalue weighted by atomic mass is 9.96. The SMILES string of the molecule is CCCC1CCCN(c2ccc(CBr)c(Br)c2)CC1. The molecular formula is C16H23Br2N. The van der Waals surface area contributed by atoms with Crippen molar-refractivity contribution in [2.24, 2.45) is 5.92 Å².